The highest BCUT2D eigenvalue weighted by atomic mass is 19.4. The highest BCUT2D eigenvalue weighted by molar-refractivity contribution is 6.21. The van der Waals surface area contributed by atoms with E-state index in [9.17, 15) is 32.3 Å². The number of hydrogen-bond donors (Lipinski definition) is 1. The van der Waals surface area contributed by atoms with Crippen LogP contribution in [0.25, 0.3) is 22.6 Å². The smallest absolute Gasteiger partial charge is 0.357 e. The van der Waals surface area contributed by atoms with E-state index >= 15 is 4.39 Å². The number of carbonyl (C=O) groups excluding carboxylic acids is 4. The monoisotopic (exact) mass is 598 g/mol. The fraction of sp³-hybridized carbons (Fsp3) is 0.321. The van der Waals surface area contributed by atoms with Crippen LogP contribution in [0, 0.1) is 12.7 Å². The molecule has 2 aromatic heterocycles. The Labute approximate surface area is 240 Å². The molecule has 0 spiro atoms. The summed E-state index contributed by atoms with van der Waals surface area (Å²) in [6.45, 7) is 1.69. The van der Waals surface area contributed by atoms with Gasteiger partial charge in [0.2, 0.25) is 23.5 Å². The highest BCUT2D eigenvalue weighted by Crippen LogP contribution is 2.36. The van der Waals surface area contributed by atoms with Crippen LogP contribution in [0.3, 0.4) is 0 Å². The lowest BCUT2D eigenvalue weighted by atomic mass is 10.0. The first-order chi connectivity index (χ1) is 20.4. The lowest BCUT2D eigenvalue weighted by Gasteiger charge is -2.29. The van der Waals surface area contributed by atoms with Gasteiger partial charge in [0.15, 0.2) is 0 Å². The molecular formula is C28H22F4N6O5. The predicted molar refractivity (Wildman–Crippen MR) is 137 cm³/mol. The number of imide groups is 2. The van der Waals surface area contributed by atoms with Gasteiger partial charge in [-0.05, 0) is 56.0 Å². The van der Waals surface area contributed by atoms with Crippen molar-refractivity contribution < 1.29 is 41.3 Å². The molecule has 15 heteroatoms. The van der Waals surface area contributed by atoms with Gasteiger partial charge in [-0.15, -0.1) is 0 Å². The van der Waals surface area contributed by atoms with E-state index in [-0.39, 0.29) is 64.8 Å². The molecule has 4 amide bonds. The van der Waals surface area contributed by atoms with Crippen molar-refractivity contribution in [3.8, 4) is 22.6 Å². The minimum atomic E-state index is -4.72. The minimum absolute atomic E-state index is 0.00615. The van der Waals surface area contributed by atoms with Gasteiger partial charge in [-0.25, -0.2) is 9.37 Å². The molecule has 3 aliphatic rings. The normalized spacial score (nSPS) is 19.3. The molecule has 6 rings (SSSR count). The summed E-state index contributed by atoms with van der Waals surface area (Å²) in [6, 6.07) is 5.15. The maximum Gasteiger partial charge on any atom is 0.433 e. The number of aromatic nitrogens is 3. The van der Waals surface area contributed by atoms with Gasteiger partial charge in [0.05, 0.1) is 17.8 Å². The SMILES string of the molecule is Cc1cc(-c2cccc(-c3noc(CN4CCCC5=C4C(=O)N(C4CCC(=O)NC4=O)C5=O)n3)c2F)nc(C(F)(F)F)c1. The number of piperidine rings is 1. The van der Waals surface area contributed by atoms with E-state index < -0.39 is 47.4 Å². The number of halogens is 4. The van der Waals surface area contributed by atoms with Gasteiger partial charge >= 0.3 is 6.18 Å². The van der Waals surface area contributed by atoms with E-state index in [0.717, 1.165) is 11.0 Å². The molecule has 1 fully saturated rings. The standard InChI is InChI=1S/C28H22F4N6O5/c1-13-10-17(33-19(11-13)28(30,31)32)14-4-2-5-15(22(14)29)24-35-21(43-36-24)12-37-9-3-6-16-23(37)27(42)38(26(16)41)18-7-8-20(39)34-25(18)40/h2,4-5,10-11,18H,3,6-9,12H2,1H3,(H,34,39,40). The number of rotatable bonds is 5. The van der Waals surface area contributed by atoms with Crippen molar-refractivity contribution >= 4 is 23.6 Å². The number of amides is 4. The molecule has 43 heavy (non-hydrogen) atoms. The number of alkyl halides is 3. The fourth-order valence-corrected chi connectivity index (χ4v) is 5.51. The third kappa shape index (κ3) is 5.04. The van der Waals surface area contributed by atoms with Crippen molar-refractivity contribution in [2.45, 2.75) is 51.4 Å². The molecule has 1 unspecified atom stereocenters. The zero-order chi connectivity index (χ0) is 30.6. The van der Waals surface area contributed by atoms with E-state index in [1.807, 2.05) is 0 Å². The molecule has 3 aromatic rings. The molecule has 222 valence electrons. The van der Waals surface area contributed by atoms with Crippen LogP contribution in [0.2, 0.25) is 0 Å². The number of benzene rings is 1. The van der Waals surface area contributed by atoms with E-state index in [2.05, 4.69) is 20.4 Å². The summed E-state index contributed by atoms with van der Waals surface area (Å²) in [5.74, 6) is -3.55. The summed E-state index contributed by atoms with van der Waals surface area (Å²) in [6.07, 6.45) is -3.87. The number of aryl methyl sites for hydroxylation is 1. The maximum atomic E-state index is 15.6. The van der Waals surface area contributed by atoms with Crippen LogP contribution in [-0.2, 0) is 31.9 Å². The number of nitrogens with one attached hydrogen (secondary N) is 1. The first kappa shape index (κ1) is 28.2. The van der Waals surface area contributed by atoms with E-state index in [1.54, 1.807) is 4.90 Å². The van der Waals surface area contributed by atoms with Crippen molar-refractivity contribution in [1.29, 1.82) is 0 Å². The van der Waals surface area contributed by atoms with Crippen LogP contribution in [0.4, 0.5) is 17.6 Å². The summed E-state index contributed by atoms with van der Waals surface area (Å²) in [7, 11) is 0. The topological polar surface area (TPSA) is 139 Å². The largest absolute Gasteiger partial charge is 0.433 e. The average molecular weight is 599 g/mol. The van der Waals surface area contributed by atoms with Gasteiger partial charge in [-0.3, -0.25) is 29.4 Å². The third-order valence-electron chi connectivity index (χ3n) is 7.45. The molecule has 1 atom stereocenters. The Morgan fingerprint density at radius 2 is 1.81 bits per heavy atom. The van der Waals surface area contributed by atoms with Crippen molar-refractivity contribution in [1.82, 2.24) is 30.2 Å². The summed E-state index contributed by atoms with van der Waals surface area (Å²) < 4.78 is 60.9. The number of pyridine rings is 1. The maximum absolute atomic E-state index is 15.6. The van der Waals surface area contributed by atoms with Gasteiger partial charge < -0.3 is 9.42 Å². The lowest BCUT2D eigenvalue weighted by Crippen LogP contribution is -2.55. The Hall–Kier alpha value is -4.95. The summed E-state index contributed by atoms with van der Waals surface area (Å²) in [4.78, 5) is 60.8. The number of carbonyl (C=O) groups is 4. The Kier molecular flexibility index (Phi) is 6.81. The quantitative estimate of drug-likeness (QED) is 0.346. The second kappa shape index (κ2) is 10.4. The van der Waals surface area contributed by atoms with Crippen LogP contribution >= 0.6 is 0 Å². The predicted octanol–water partition coefficient (Wildman–Crippen LogP) is 3.29. The third-order valence-corrected chi connectivity index (χ3v) is 7.45. The average Bonchev–Trinajstić information content (AvgIpc) is 3.51. The molecule has 0 radical (unpaired) electrons. The first-order valence-corrected chi connectivity index (χ1v) is 13.3. The molecule has 0 saturated carbocycles. The zero-order valence-corrected chi connectivity index (χ0v) is 22.5. The van der Waals surface area contributed by atoms with Crippen molar-refractivity contribution in [2.24, 2.45) is 0 Å². The Bertz CT molecular complexity index is 1730. The number of nitrogens with zero attached hydrogens (tertiary/aromatic N) is 5. The Balaban J connectivity index is 1.25. The van der Waals surface area contributed by atoms with Gasteiger partial charge in [-0.1, -0.05) is 11.2 Å². The van der Waals surface area contributed by atoms with E-state index in [0.29, 0.717) is 19.4 Å². The molecule has 0 aliphatic carbocycles. The van der Waals surface area contributed by atoms with Crippen LogP contribution in [0.15, 0.2) is 46.1 Å². The Morgan fingerprint density at radius 3 is 2.56 bits per heavy atom. The van der Waals surface area contributed by atoms with Crippen molar-refractivity contribution in [2.75, 3.05) is 6.54 Å². The van der Waals surface area contributed by atoms with E-state index in [1.165, 1.54) is 31.2 Å². The van der Waals surface area contributed by atoms with Crippen molar-refractivity contribution in [3.63, 3.8) is 0 Å². The summed E-state index contributed by atoms with van der Waals surface area (Å²) >= 11 is 0. The molecule has 5 heterocycles. The molecular weight excluding hydrogens is 576 g/mol. The van der Waals surface area contributed by atoms with Gasteiger partial charge in [0, 0.05) is 24.1 Å². The van der Waals surface area contributed by atoms with Gasteiger partial charge in [0.25, 0.3) is 11.8 Å². The lowest BCUT2D eigenvalue weighted by molar-refractivity contribution is -0.150. The molecule has 11 nitrogen and oxygen atoms in total. The summed E-state index contributed by atoms with van der Waals surface area (Å²) in [5.41, 5.74) is -1.11. The molecule has 0 bridgehead atoms. The van der Waals surface area contributed by atoms with Crippen LogP contribution < -0.4 is 5.32 Å². The second-order valence-corrected chi connectivity index (χ2v) is 10.4. The molecule has 1 aromatic carbocycles. The van der Waals surface area contributed by atoms with Gasteiger partial charge in [-0.2, -0.15) is 18.2 Å². The first-order valence-electron chi connectivity index (χ1n) is 13.3. The summed E-state index contributed by atoms with van der Waals surface area (Å²) in [5, 5.41) is 5.99. The van der Waals surface area contributed by atoms with Crippen LogP contribution in [0.5, 0.6) is 0 Å². The van der Waals surface area contributed by atoms with Gasteiger partial charge in [0.1, 0.15) is 23.3 Å². The Morgan fingerprint density at radius 1 is 1.05 bits per heavy atom. The zero-order valence-electron chi connectivity index (χ0n) is 22.5. The second-order valence-electron chi connectivity index (χ2n) is 10.4. The van der Waals surface area contributed by atoms with Crippen LogP contribution in [-0.4, -0.2) is 61.1 Å². The van der Waals surface area contributed by atoms with Crippen LogP contribution in [0.1, 0.15) is 42.8 Å². The fourth-order valence-electron chi connectivity index (χ4n) is 5.51. The van der Waals surface area contributed by atoms with E-state index in [4.69, 9.17) is 4.52 Å². The molecule has 3 aliphatic heterocycles. The number of hydrogen-bond acceptors (Lipinski definition) is 9. The highest BCUT2D eigenvalue weighted by Gasteiger charge is 2.48. The molecule has 1 saturated heterocycles. The molecule has 1 N–H and O–H groups in total. The minimum Gasteiger partial charge on any atom is -0.357 e. The van der Waals surface area contributed by atoms with Crippen molar-refractivity contribution in [3.05, 3.63) is 64.6 Å².